The van der Waals surface area contributed by atoms with E-state index in [1.165, 1.54) is 18.2 Å². The second-order valence-corrected chi connectivity index (χ2v) is 5.85. The predicted octanol–water partition coefficient (Wildman–Crippen LogP) is 2.34. The molecule has 0 unspecified atom stereocenters. The van der Waals surface area contributed by atoms with Crippen LogP contribution in [0, 0.1) is 11.7 Å². The lowest BCUT2D eigenvalue weighted by Gasteiger charge is -2.36. The zero-order chi connectivity index (χ0) is 16.3. The van der Waals surface area contributed by atoms with Crippen LogP contribution in [0.4, 0.5) is 4.39 Å². The second-order valence-electron chi connectivity index (χ2n) is 5.85. The first-order chi connectivity index (χ1) is 10.4. The highest BCUT2D eigenvalue weighted by Crippen LogP contribution is 2.23. The maximum atomic E-state index is 12.9. The van der Waals surface area contributed by atoms with E-state index < -0.39 is 0 Å². The number of amides is 2. The van der Waals surface area contributed by atoms with Crippen molar-refractivity contribution in [2.24, 2.45) is 11.7 Å². The zero-order valence-corrected chi connectivity index (χ0v) is 12.9. The number of nitrogens with zero attached hydrogens (tertiary/aromatic N) is 1. The summed E-state index contributed by atoms with van der Waals surface area (Å²) in [5.41, 5.74) is 6.91. The number of hydrogen-bond donors (Lipinski definition) is 1. The molecule has 2 amide bonds. The summed E-state index contributed by atoms with van der Waals surface area (Å²) < 4.78 is 12.9. The Kier molecular flexibility index (Phi) is 4.96. The third kappa shape index (κ3) is 3.72. The summed E-state index contributed by atoms with van der Waals surface area (Å²) in [6.45, 7) is 4.14. The molecule has 22 heavy (non-hydrogen) atoms. The van der Waals surface area contributed by atoms with E-state index in [9.17, 15) is 14.0 Å². The van der Waals surface area contributed by atoms with E-state index in [1.807, 2.05) is 13.8 Å². The molecule has 1 saturated heterocycles. The smallest absolute Gasteiger partial charge is 0.247 e. The standard InChI is InChI=1S/C17H21FN2O2/c1-11(13-5-7-15(18)8-6-13)9-16(21)20-10-14(17(19)22)4-3-12(20)2/h5-9,12,14H,3-4,10H2,1-2H3,(H2,19,22)/b11-9-/t12-,14+/m0/s1. The molecule has 1 aliphatic rings. The Bertz CT molecular complexity index is 595. The topological polar surface area (TPSA) is 63.4 Å². The van der Waals surface area contributed by atoms with Crippen LogP contribution in [0.5, 0.6) is 0 Å². The summed E-state index contributed by atoms with van der Waals surface area (Å²) in [7, 11) is 0. The summed E-state index contributed by atoms with van der Waals surface area (Å²) in [5.74, 6) is -1.08. The van der Waals surface area contributed by atoms with Crippen molar-refractivity contribution in [1.82, 2.24) is 4.90 Å². The van der Waals surface area contributed by atoms with E-state index in [0.29, 0.717) is 6.54 Å². The molecule has 4 nitrogen and oxygen atoms in total. The molecular weight excluding hydrogens is 283 g/mol. The number of carbonyl (C=O) groups is 2. The quantitative estimate of drug-likeness (QED) is 0.871. The number of likely N-dealkylation sites (tertiary alicyclic amines) is 1. The fourth-order valence-corrected chi connectivity index (χ4v) is 2.71. The molecule has 0 spiro atoms. The third-order valence-corrected chi connectivity index (χ3v) is 4.21. The molecule has 5 heteroatoms. The van der Waals surface area contributed by atoms with Crippen LogP contribution in [-0.4, -0.2) is 29.3 Å². The minimum Gasteiger partial charge on any atom is -0.369 e. The van der Waals surface area contributed by atoms with Gasteiger partial charge in [-0.25, -0.2) is 4.39 Å². The molecular formula is C17H21FN2O2. The van der Waals surface area contributed by atoms with Crippen molar-refractivity contribution in [3.63, 3.8) is 0 Å². The fourth-order valence-electron chi connectivity index (χ4n) is 2.71. The van der Waals surface area contributed by atoms with Crippen LogP contribution in [-0.2, 0) is 9.59 Å². The Morgan fingerprint density at radius 3 is 2.50 bits per heavy atom. The van der Waals surface area contributed by atoms with Crippen molar-refractivity contribution >= 4 is 17.4 Å². The summed E-state index contributed by atoms with van der Waals surface area (Å²) >= 11 is 0. The highest BCUT2D eigenvalue weighted by Gasteiger charge is 2.30. The molecule has 1 heterocycles. The predicted molar refractivity (Wildman–Crippen MR) is 83.1 cm³/mol. The van der Waals surface area contributed by atoms with E-state index in [-0.39, 0.29) is 29.6 Å². The van der Waals surface area contributed by atoms with Gasteiger partial charge in [0, 0.05) is 18.7 Å². The normalized spacial score (nSPS) is 22.5. The number of hydrogen-bond acceptors (Lipinski definition) is 2. The van der Waals surface area contributed by atoms with Crippen LogP contribution in [0.1, 0.15) is 32.3 Å². The summed E-state index contributed by atoms with van der Waals surface area (Å²) in [5, 5.41) is 0. The number of benzene rings is 1. The van der Waals surface area contributed by atoms with Crippen molar-refractivity contribution in [2.75, 3.05) is 6.54 Å². The lowest BCUT2D eigenvalue weighted by Crippen LogP contribution is -2.48. The molecule has 0 aliphatic carbocycles. The van der Waals surface area contributed by atoms with Gasteiger partial charge in [-0.15, -0.1) is 0 Å². The maximum absolute atomic E-state index is 12.9. The van der Waals surface area contributed by atoms with Gasteiger partial charge >= 0.3 is 0 Å². The SMILES string of the molecule is C/C(=C/C(=O)N1C[C@H](C(N)=O)CC[C@@H]1C)c1ccc(F)cc1. The number of halogens is 1. The highest BCUT2D eigenvalue weighted by molar-refractivity contribution is 5.95. The van der Waals surface area contributed by atoms with Gasteiger partial charge in [0.15, 0.2) is 0 Å². The van der Waals surface area contributed by atoms with Gasteiger partial charge in [-0.05, 0) is 50.0 Å². The molecule has 118 valence electrons. The average Bonchev–Trinajstić information content (AvgIpc) is 2.47. The first-order valence-electron chi connectivity index (χ1n) is 7.42. The van der Waals surface area contributed by atoms with E-state index >= 15 is 0 Å². The van der Waals surface area contributed by atoms with E-state index in [0.717, 1.165) is 24.0 Å². The van der Waals surface area contributed by atoms with Gasteiger partial charge in [-0.1, -0.05) is 12.1 Å². The number of piperidine rings is 1. The summed E-state index contributed by atoms with van der Waals surface area (Å²) in [4.78, 5) is 25.5. The molecule has 1 aliphatic heterocycles. The van der Waals surface area contributed by atoms with Gasteiger partial charge in [0.2, 0.25) is 11.8 Å². The Hall–Kier alpha value is -2.17. The molecule has 1 fully saturated rings. The van der Waals surface area contributed by atoms with Gasteiger partial charge in [-0.2, -0.15) is 0 Å². The Balaban J connectivity index is 2.13. The molecule has 2 N–H and O–H groups in total. The van der Waals surface area contributed by atoms with E-state index in [4.69, 9.17) is 5.73 Å². The monoisotopic (exact) mass is 304 g/mol. The summed E-state index contributed by atoms with van der Waals surface area (Å²) in [6.07, 6.45) is 3.02. The maximum Gasteiger partial charge on any atom is 0.247 e. The zero-order valence-electron chi connectivity index (χ0n) is 12.9. The number of primary amides is 1. The molecule has 1 aromatic carbocycles. The summed E-state index contributed by atoms with van der Waals surface area (Å²) in [6, 6.07) is 6.09. The molecule has 0 bridgehead atoms. The van der Waals surface area contributed by atoms with E-state index in [2.05, 4.69) is 0 Å². The highest BCUT2D eigenvalue weighted by atomic mass is 19.1. The minimum atomic E-state index is -0.357. The molecule has 0 saturated carbocycles. The minimum absolute atomic E-state index is 0.0837. The van der Waals surface area contributed by atoms with Gasteiger partial charge in [0.05, 0.1) is 5.92 Å². The number of nitrogens with two attached hydrogens (primary N) is 1. The molecule has 0 radical (unpaired) electrons. The lowest BCUT2D eigenvalue weighted by molar-refractivity contribution is -0.133. The van der Waals surface area contributed by atoms with Crippen molar-refractivity contribution in [3.8, 4) is 0 Å². The number of rotatable bonds is 3. The second kappa shape index (κ2) is 6.73. The number of allylic oxidation sites excluding steroid dienone is 1. The Labute approximate surface area is 129 Å². The first kappa shape index (κ1) is 16.2. The van der Waals surface area contributed by atoms with Crippen LogP contribution >= 0.6 is 0 Å². The van der Waals surface area contributed by atoms with Gasteiger partial charge < -0.3 is 10.6 Å². The van der Waals surface area contributed by atoms with Crippen molar-refractivity contribution in [3.05, 3.63) is 41.7 Å². The van der Waals surface area contributed by atoms with Gasteiger partial charge in [-0.3, -0.25) is 9.59 Å². The van der Waals surface area contributed by atoms with Crippen LogP contribution < -0.4 is 5.73 Å². The van der Waals surface area contributed by atoms with Crippen molar-refractivity contribution in [2.45, 2.75) is 32.7 Å². The molecule has 2 rings (SSSR count). The molecule has 0 aromatic heterocycles. The molecule has 2 atom stereocenters. The van der Waals surface area contributed by atoms with Crippen molar-refractivity contribution < 1.29 is 14.0 Å². The first-order valence-corrected chi connectivity index (χ1v) is 7.42. The van der Waals surface area contributed by atoms with Gasteiger partial charge in [0.25, 0.3) is 0 Å². The van der Waals surface area contributed by atoms with Gasteiger partial charge in [0.1, 0.15) is 5.82 Å². The largest absolute Gasteiger partial charge is 0.369 e. The van der Waals surface area contributed by atoms with Crippen LogP contribution in [0.15, 0.2) is 30.3 Å². The Morgan fingerprint density at radius 2 is 1.91 bits per heavy atom. The lowest BCUT2D eigenvalue weighted by atomic mass is 9.92. The molecule has 1 aromatic rings. The van der Waals surface area contributed by atoms with Crippen LogP contribution in [0.3, 0.4) is 0 Å². The van der Waals surface area contributed by atoms with E-state index in [1.54, 1.807) is 17.0 Å². The van der Waals surface area contributed by atoms with Crippen LogP contribution in [0.25, 0.3) is 5.57 Å². The van der Waals surface area contributed by atoms with Crippen LogP contribution in [0.2, 0.25) is 0 Å². The van der Waals surface area contributed by atoms with Crippen molar-refractivity contribution in [1.29, 1.82) is 0 Å². The fraction of sp³-hybridized carbons (Fsp3) is 0.412. The number of carbonyl (C=O) groups excluding carboxylic acids is 2. The third-order valence-electron chi connectivity index (χ3n) is 4.21. The Morgan fingerprint density at radius 1 is 1.27 bits per heavy atom. The average molecular weight is 304 g/mol.